The van der Waals surface area contributed by atoms with Gasteiger partial charge in [0.1, 0.15) is 5.82 Å². The summed E-state index contributed by atoms with van der Waals surface area (Å²) in [6, 6.07) is 4.85. The Morgan fingerprint density at radius 2 is 2.05 bits per heavy atom. The SMILES string of the molecule is Cc1ccc(C(=O)CCN(CCO)C(C)C)cc1F. The monoisotopic (exact) mass is 267 g/mol. The summed E-state index contributed by atoms with van der Waals surface area (Å²) in [5, 5.41) is 8.96. The van der Waals surface area contributed by atoms with Gasteiger partial charge in [-0.25, -0.2) is 4.39 Å². The van der Waals surface area contributed by atoms with E-state index in [9.17, 15) is 9.18 Å². The zero-order valence-corrected chi connectivity index (χ0v) is 11.8. The van der Waals surface area contributed by atoms with Crippen molar-refractivity contribution in [3.05, 3.63) is 35.1 Å². The van der Waals surface area contributed by atoms with Crippen molar-refractivity contribution in [1.29, 1.82) is 0 Å². The van der Waals surface area contributed by atoms with Gasteiger partial charge in [-0.3, -0.25) is 9.69 Å². The summed E-state index contributed by atoms with van der Waals surface area (Å²) in [7, 11) is 0. The maximum atomic E-state index is 13.4. The van der Waals surface area contributed by atoms with E-state index >= 15 is 0 Å². The molecule has 0 aliphatic carbocycles. The smallest absolute Gasteiger partial charge is 0.164 e. The highest BCUT2D eigenvalue weighted by Crippen LogP contribution is 2.12. The minimum absolute atomic E-state index is 0.0671. The number of carbonyl (C=O) groups is 1. The number of rotatable bonds is 7. The third-order valence-corrected chi connectivity index (χ3v) is 3.24. The van der Waals surface area contributed by atoms with E-state index in [2.05, 4.69) is 0 Å². The molecule has 1 aromatic carbocycles. The lowest BCUT2D eigenvalue weighted by Crippen LogP contribution is -2.35. The minimum Gasteiger partial charge on any atom is -0.395 e. The van der Waals surface area contributed by atoms with Crippen molar-refractivity contribution < 1.29 is 14.3 Å². The van der Waals surface area contributed by atoms with Crippen molar-refractivity contribution >= 4 is 5.78 Å². The van der Waals surface area contributed by atoms with Gasteiger partial charge in [0, 0.05) is 31.1 Å². The standard InChI is InChI=1S/C15H22FNO2/c1-11(2)17(8-9-18)7-6-15(19)13-5-4-12(3)14(16)10-13/h4-5,10-11,18H,6-9H2,1-3H3. The largest absolute Gasteiger partial charge is 0.395 e. The third kappa shape index (κ3) is 4.73. The van der Waals surface area contributed by atoms with Crippen LogP contribution in [0.1, 0.15) is 36.2 Å². The number of ketones is 1. The van der Waals surface area contributed by atoms with Crippen LogP contribution in [0.4, 0.5) is 4.39 Å². The van der Waals surface area contributed by atoms with Gasteiger partial charge in [-0.05, 0) is 32.4 Å². The summed E-state index contributed by atoms with van der Waals surface area (Å²) in [5.74, 6) is -0.413. The molecule has 3 nitrogen and oxygen atoms in total. The molecule has 0 amide bonds. The number of nitrogens with zero attached hydrogens (tertiary/aromatic N) is 1. The highest BCUT2D eigenvalue weighted by atomic mass is 19.1. The van der Waals surface area contributed by atoms with E-state index in [1.165, 1.54) is 6.07 Å². The Balaban J connectivity index is 2.61. The van der Waals surface area contributed by atoms with Crippen LogP contribution >= 0.6 is 0 Å². The fourth-order valence-corrected chi connectivity index (χ4v) is 1.91. The molecule has 0 saturated heterocycles. The van der Waals surface area contributed by atoms with Crippen LogP contribution in [0, 0.1) is 12.7 Å². The molecule has 106 valence electrons. The first-order valence-electron chi connectivity index (χ1n) is 6.60. The molecule has 0 heterocycles. The van der Waals surface area contributed by atoms with E-state index < -0.39 is 0 Å². The number of hydrogen-bond acceptors (Lipinski definition) is 3. The molecular weight excluding hydrogens is 245 g/mol. The molecule has 0 bridgehead atoms. The zero-order valence-electron chi connectivity index (χ0n) is 11.8. The number of aliphatic hydroxyl groups excluding tert-OH is 1. The molecule has 0 aliphatic heterocycles. The Kier molecular flexibility index (Phi) is 6.12. The second kappa shape index (κ2) is 7.36. The molecule has 4 heteroatoms. The number of aliphatic hydroxyl groups is 1. The predicted octanol–water partition coefficient (Wildman–Crippen LogP) is 2.41. The van der Waals surface area contributed by atoms with Gasteiger partial charge in [-0.2, -0.15) is 0 Å². The number of aryl methyl sites for hydroxylation is 1. The molecule has 0 aromatic heterocycles. The average Bonchev–Trinajstić information content (AvgIpc) is 2.37. The van der Waals surface area contributed by atoms with E-state index in [-0.39, 0.29) is 24.2 Å². The lowest BCUT2D eigenvalue weighted by Gasteiger charge is -2.25. The van der Waals surface area contributed by atoms with E-state index in [0.717, 1.165) is 0 Å². The fourth-order valence-electron chi connectivity index (χ4n) is 1.91. The van der Waals surface area contributed by atoms with E-state index in [1.54, 1.807) is 19.1 Å². The van der Waals surface area contributed by atoms with Crippen LogP contribution in [-0.4, -0.2) is 41.5 Å². The van der Waals surface area contributed by atoms with Gasteiger partial charge in [-0.1, -0.05) is 12.1 Å². The first-order valence-corrected chi connectivity index (χ1v) is 6.60. The maximum Gasteiger partial charge on any atom is 0.164 e. The molecule has 1 rings (SSSR count). The van der Waals surface area contributed by atoms with Crippen molar-refractivity contribution in [2.75, 3.05) is 19.7 Å². The van der Waals surface area contributed by atoms with Crippen LogP contribution < -0.4 is 0 Å². The van der Waals surface area contributed by atoms with E-state index in [0.29, 0.717) is 30.6 Å². The minimum atomic E-state index is -0.345. The van der Waals surface area contributed by atoms with Gasteiger partial charge in [0.25, 0.3) is 0 Å². The molecule has 0 unspecified atom stereocenters. The molecule has 0 saturated carbocycles. The third-order valence-electron chi connectivity index (χ3n) is 3.24. The molecule has 1 N–H and O–H groups in total. The van der Waals surface area contributed by atoms with Gasteiger partial charge < -0.3 is 5.11 Å². The second-order valence-electron chi connectivity index (χ2n) is 4.99. The van der Waals surface area contributed by atoms with Crippen LogP contribution in [-0.2, 0) is 0 Å². The summed E-state index contributed by atoms with van der Waals surface area (Å²) in [5.41, 5.74) is 0.955. The summed E-state index contributed by atoms with van der Waals surface area (Å²) in [4.78, 5) is 14.0. The highest BCUT2D eigenvalue weighted by Gasteiger charge is 2.13. The Bertz CT molecular complexity index is 432. The van der Waals surface area contributed by atoms with Gasteiger partial charge in [0.05, 0.1) is 6.61 Å². The summed E-state index contributed by atoms with van der Waals surface area (Å²) in [6.07, 6.45) is 0.334. The molecule has 0 atom stereocenters. The van der Waals surface area contributed by atoms with Crippen molar-refractivity contribution in [1.82, 2.24) is 4.90 Å². The first-order chi connectivity index (χ1) is 8.95. The molecule has 19 heavy (non-hydrogen) atoms. The molecule has 1 aromatic rings. The summed E-state index contributed by atoms with van der Waals surface area (Å²) in [6.45, 7) is 6.91. The number of Topliss-reactive ketones (excluding diaryl/α,β-unsaturated/α-hetero) is 1. The van der Waals surface area contributed by atoms with Gasteiger partial charge >= 0.3 is 0 Å². The highest BCUT2D eigenvalue weighted by molar-refractivity contribution is 5.96. The van der Waals surface area contributed by atoms with Crippen LogP contribution in [0.25, 0.3) is 0 Å². The quantitative estimate of drug-likeness (QED) is 0.771. The van der Waals surface area contributed by atoms with E-state index in [4.69, 9.17) is 5.11 Å². The maximum absolute atomic E-state index is 13.4. The topological polar surface area (TPSA) is 40.5 Å². The lowest BCUT2D eigenvalue weighted by atomic mass is 10.1. The molecule has 0 fully saturated rings. The predicted molar refractivity (Wildman–Crippen MR) is 73.9 cm³/mol. The number of carbonyl (C=O) groups excluding carboxylic acids is 1. The molecular formula is C15H22FNO2. The Morgan fingerprint density at radius 1 is 1.37 bits per heavy atom. The zero-order chi connectivity index (χ0) is 14.4. The van der Waals surface area contributed by atoms with Crippen molar-refractivity contribution in [3.8, 4) is 0 Å². The van der Waals surface area contributed by atoms with Crippen LogP contribution in [0.15, 0.2) is 18.2 Å². The Labute approximate surface area is 114 Å². The molecule has 0 spiro atoms. The lowest BCUT2D eigenvalue weighted by molar-refractivity contribution is 0.0943. The Morgan fingerprint density at radius 3 is 2.58 bits per heavy atom. The Hall–Kier alpha value is -1.26. The fraction of sp³-hybridized carbons (Fsp3) is 0.533. The number of benzene rings is 1. The first kappa shape index (κ1) is 15.8. The van der Waals surface area contributed by atoms with Gasteiger partial charge in [0.15, 0.2) is 5.78 Å². The van der Waals surface area contributed by atoms with Crippen LogP contribution in [0.3, 0.4) is 0 Å². The van der Waals surface area contributed by atoms with Crippen molar-refractivity contribution in [2.24, 2.45) is 0 Å². The van der Waals surface area contributed by atoms with Gasteiger partial charge in [0.2, 0.25) is 0 Å². The number of hydrogen-bond donors (Lipinski definition) is 1. The normalized spacial score (nSPS) is 11.3. The van der Waals surface area contributed by atoms with Gasteiger partial charge in [-0.15, -0.1) is 0 Å². The summed E-state index contributed by atoms with van der Waals surface area (Å²) >= 11 is 0. The second-order valence-corrected chi connectivity index (χ2v) is 4.99. The van der Waals surface area contributed by atoms with Crippen molar-refractivity contribution in [2.45, 2.75) is 33.2 Å². The molecule has 0 aliphatic rings. The molecule has 0 radical (unpaired) electrons. The van der Waals surface area contributed by atoms with Crippen molar-refractivity contribution in [3.63, 3.8) is 0 Å². The van der Waals surface area contributed by atoms with Crippen LogP contribution in [0.5, 0.6) is 0 Å². The van der Waals surface area contributed by atoms with E-state index in [1.807, 2.05) is 18.7 Å². The average molecular weight is 267 g/mol. The summed E-state index contributed by atoms with van der Waals surface area (Å²) < 4.78 is 13.4. The van der Waals surface area contributed by atoms with Crippen LogP contribution in [0.2, 0.25) is 0 Å². The number of halogens is 1.